The maximum absolute atomic E-state index is 11.6. The van der Waals surface area contributed by atoms with E-state index in [1.165, 1.54) is 11.1 Å². The molecular formula is C15H22N2O2. The molecule has 1 unspecified atom stereocenters. The van der Waals surface area contributed by atoms with Gasteiger partial charge >= 0.3 is 0 Å². The van der Waals surface area contributed by atoms with Crippen LogP contribution in [0.5, 0.6) is 5.75 Å². The molecule has 19 heavy (non-hydrogen) atoms. The van der Waals surface area contributed by atoms with E-state index in [-0.39, 0.29) is 11.9 Å². The lowest BCUT2D eigenvalue weighted by molar-refractivity contribution is -0.120. The van der Waals surface area contributed by atoms with Crippen LogP contribution in [0.4, 0.5) is 0 Å². The quantitative estimate of drug-likeness (QED) is 0.759. The third-order valence-electron chi connectivity index (χ3n) is 3.52. The minimum atomic E-state index is 0.0488. The van der Waals surface area contributed by atoms with E-state index in [4.69, 9.17) is 0 Å². The fourth-order valence-electron chi connectivity index (χ4n) is 2.56. The van der Waals surface area contributed by atoms with Crippen molar-refractivity contribution in [2.75, 3.05) is 13.1 Å². The maximum Gasteiger partial charge on any atom is 0.233 e. The number of hydrogen-bond acceptors (Lipinski definition) is 3. The molecule has 1 aromatic carbocycles. The van der Waals surface area contributed by atoms with E-state index in [2.05, 4.69) is 10.6 Å². The first-order valence-corrected chi connectivity index (χ1v) is 7.02. The molecule has 2 rings (SSSR count). The second-order valence-corrected chi connectivity index (χ2v) is 5.06. The molecule has 0 spiro atoms. The first kappa shape index (κ1) is 13.9. The molecule has 1 aromatic rings. The maximum atomic E-state index is 11.6. The van der Waals surface area contributed by atoms with Gasteiger partial charge in [0.2, 0.25) is 5.91 Å². The minimum Gasteiger partial charge on any atom is -0.508 e. The number of phenolic OH excluding ortho intramolecular Hbond substituents is 1. The summed E-state index contributed by atoms with van der Waals surface area (Å²) in [5.74, 6) is 0.368. The van der Waals surface area contributed by atoms with Crippen LogP contribution in [-0.4, -0.2) is 24.1 Å². The zero-order chi connectivity index (χ0) is 13.7. The molecule has 0 saturated carbocycles. The van der Waals surface area contributed by atoms with Crippen molar-refractivity contribution in [1.82, 2.24) is 10.6 Å². The Morgan fingerprint density at radius 1 is 1.47 bits per heavy atom. The number of carbonyl (C=O) groups excluding carboxylic acids is 1. The molecule has 1 atom stereocenters. The Labute approximate surface area is 114 Å². The van der Waals surface area contributed by atoms with E-state index in [9.17, 15) is 9.90 Å². The zero-order valence-corrected chi connectivity index (χ0v) is 11.4. The summed E-state index contributed by atoms with van der Waals surface area (Å²) >= 11 is 0. The largest absolute Gasteiger partial charge is 0.508 e. The molecule has 0 aromatic heterocycles. The highest BCUT2D eigenvalue weighted by molar-refractivity contribution is 5.78. The fraction of sp³-hybridized carbons (Fsp3) is 0.533. The number of rotatable bonds is 5. The van der Waals surface area contributed by atoms with Crippen LogP contribution in [0.25, 0.3) is 0 Å². The highest BCUT2D eigenvalue weighted by atomic mass is 16.3. The summed E-state index contributed by atoms with van der Waals surface area (Å²) in [5, 5.41) is 15.7. The van der Waals surface area contributed by atoms with E-state index < -0.39 is 0 Å². The second-order valence-electron chi connectivity index (χ2n) is 5.06. The predicted octanol–water partition coefficient (Wildman–Crippen LogP) is 1.89. The molecule has 104 valence electrons. The molecule has 1 aliphatic rings. The van der Waals surface area contributed by atoms with Crippen molar-refractivity contribution in [3.63, 3.8) is 0 Å². The highest BCUT2D eigenvalue weighted by Crippen LogP contribution is 2.31. The summed E-state index contributed by atoms with van der Waals surface area (Å²) in [6.45, 7) is 3.12. The third-order valence-corrected chi connectivity index (χ3v) is 3.52. The lowest BCUT2D eigenvalue weighted by Crippen LogP contribution is -2.37. The number of aryl methyl sites for hydroxylation is 1. The van der Waals surface area contributed by atoms with Gasteiger partial charge in [0.1, 0.15) is 5.75 Å². The topological polar surface area (TPSA) is 61.4 Å². The summed E-state index contributed by atoms with van der Waals surface area (Å²) in [7, 11) is 0. The monoisotopic (exact) mass is 262 g/mol. The Balaban J connectivity index is 1.94. The number of hydrogen-bond donors (Lipinski definition) is 3. The van der Waals surface area contributed by atoms with Crippen molar-refractivity contribution in [3.05, 3.63) is 29.3 Å². The first-order valence-electron chi connectivity index (χ1n) is 7.02. The number of benzene rings is 1. The van der Waals surface area contributed by atoms with Gasteiger partial charge in [0.25, 0.3) is 0 Å². The number of nitrogens with one attached hydrogen (secondary N) is 2. The highest BCUT2D eigenvalue weighted by Gasteiger charge is 2.20. The molecule has 0 aliphatic heterocycles. The number of fused-ring (bicyclic) bond motifs is 1. The van der Waals surface area contributed by atoms with E-state index in [1.807, 2.05) is 19.1 Å². The van der Waals surface area contributed by atoms with Gasteiger partial charge in [-0.05, 0) is 48.9 Å². The van der Waals surface area contributed by atoms with Crippen LogP contribution in [0.2, 0.25) is 0 Å². The predicted molar refractivity (Wildman–Crippen MR) is 75.1 cm³/mol. The molecule has 0 radical (unpaired) electrons. The van der Waals surface area contributed by atoms with Gasteiger partial charge in [-0.15, -0.1) is 0 Å². The molecule has 1 aliphatic carbocycles. The number of carbonyl (C=O) groups is 1. The van der Waals surface area contributed by atoms with Gasteiger partial charge in [0.15, 0.2) is 0 Å². The van der Waals surface area contributed by atoms with Gasteiger partial charge in [-0.1, -0.05) is 13.0 Å². The minimum absolute atomic E-state index is 0.0488. The van der Waals surface area contributed by atoms with Gasteiger partial charge in [0.05, 0.1) is 6.54 Å². The summed E-state index contributed by atoms with van der Waals surface area (Å²) < 4.78 is 0. The summed E-state index contributed by atoms with van der Waals surface area (Å²) in [6, 6.07) is 5.73. The van der Waals surface area contributed by atoms with Crippen molar-refractivity contribution >= 4 is 5.91 Å². The van der Waals surface area contributed by atoms with Gasteiger partial charge < -0.3 is 15.7 Å². The van der Waals surface area contributed by atoms with Gasteiger partial charge in [-0.2, -0.15) is 0 Å². The van der Waals surface area contributed by atoms with Crippen molar-refractivity contribution in [2.45, 2.75) is 38.6 Å². The Morgan fingerprint density at radius 3 is 3.11 bits per heavy atom. The van der Waals surface area contributed by atoms with Crippen LogP contribution >= 0.6 is 0 Å². The van der Waals surface area contributed by atoms with Gasteiger partial charge in [0, 0.05) is 12.6 Å². The van der Waals surface area contributed by atoms with Crippen LogP contribution < -0.4 is 10.6 Å². The zero-order valence-electron chi connectivity index (χ0n) is 11.4. The summed E-state index contributed by atoms with van der Waals surface area (Å²) in [4.78, 5) is 11.6. The molecular weight excluding hydrogens is 240 g/mol. The van der Waals surface area contributed by atoms with Crippen molar-refractivity contribution in [2.24, 2.45) is 0 Å². The van der Waals surface area contributed by atoms with Crippen LogP contribution in [0, 0.1) is 0 Å². The SMILES string of the molecule is CCCNC(=O)CNC1CCCc2cc(O)ccc21. The number of aromatic hydroxyl groups is 1. The summed E-state index contributed by atoms with van der Waals surface area (Å²) in [5.41, 5.74) is 2.41. The van der Waals surface area contributed by atoms with Crippen LogP contribution in [0.3, 0.4) is 0 Å². The molecule has 3 N–H and O–H groups in total. The van der Waals surface area contributed by atoms with Crippen molar-refractivity contribution < 1.29 is 9.90 Å². The lowest BCUT2D eigenvalue weighted by Gasteiger charge is -2.26. The molecule has 0 bridgehead atoms. The Hall–Kier alpha value is -1.55. The molecule has 0 saturated heterocycles. The average molecular weight is 262 g/mol. The molecule has 1 amide bonds. The smallest absolute Gasteiger partial charge is 0.233 e. The van der Waals surface area contributed by atoms with Crippen molar-refractivity contribution in [1.29, 1.82) is 0 Å². The molecule has 4 heteroatoms. The van der Waals surface area contributed by atoms with Crippen LogP contribution in [0.1, 0.15) is 43.4 Å². The Kier molecular flexibility index (Phi) is 4.80. The van der Waals surface area contributed by atoms with Gasteiger partial charge in [-0.25, -0.2) is 0 Å². The number of phenols is 1. The Morgan fingerprint density at radius 2 is 2.32 bits per heavy atom. The first-order chi connectivity index (χ1) is 9.20. The Bertz CT molecular complexity index is 446. The van der Waals surface area contributed by atoms with E-state index in [1.54, 1.807) is 6.07 Å². The summed E-state index contributed by atoms with van der Waals surface area (Å²) in [6.07, 6.45) is 4.09. The average Bonchev–Trinajstić information content (AvgIpc) is 2.42. The standard InChI is InChI=1S/C15H22N2O2/c1-2-8-16-15(19)10-17-14-5-3-4-11-9-12(18)6-7-13(11)14/h6-7,9,14,17-18H,2-5,8,10H2,1H3,(H,16,19). The van der Waals surface area contributed by atoms with Crippen molar-refractivity contribution in [3.8, 4) is 5.75 Å². The van der Waals surface area contributed by atoms with E-state index in [0.29, 0.717) is 12.3 Å². The second kappa shape index (κ2) is 6.57. The van der Waals surface area contributed by atoms with E-state index >= 15 is 0 Å². The molecule has 4 nitrogen and oxygen atoms in total. The van der Waals surface area contributed by atoms with Crippen LogP contribution in [-0.2, 0) is 11.2 Å². The van der Waals surface area contributed by atoms with Gasteiger partial charge in [-0.3, -0.25) is 4.79 Å². The number of amides is 1. The normalized spacial score (nSPS) is 17.8. The van der Waals surface area contributed by atoms with Crippen LogP contribution in [0.15, 0.2) is 18.2 Å². The molecule has 0 heterocycles. The van der Waals surface area contributed by atoms with E-state index in [0.717, 1.165) is 32.2 Å². The third kappa shape index (κ3) is 3.70. The fourth-order valence-corrected chi connectivity index (χ4v) is 2.56. The molecule has 0 fully saturated rings. The lowest BCUT2D eigenvalue weighted by atomic mass is 9.87.